The largest absolute Gasteiger partial charge is 0.388 e. The van der Waals surface area contributed by atoms with Gasteiger partial charge in [0.1, 0.15) is 12.2 Å². The van der Waals surface area contributed by atoms with E-state index in [4.69, 9.17) is 4.74 Å². The van der Waals surface area contributed by atoms with Crippen LogP contribution in [0.3, 0.4) is 0 Å². The first-order chi connectivity index (χ1) is 12.3. The topological polar surface area (TPSA) is 114 Å². The second-order valence-electron chi connectivity index (χ2n) is 6.16. The van der Waals surface area contributed by atoms with Gasteiger partial charge in [0.25, 0.3) is 5.91 Å². The molecular weight excluding hydrogens is 345 g/mol. The molecule has 8 nitrogen and oxygen atoms in total. The van der Waals surface area contributed by atoms with E-state index in [2.05, 4.69) is 10.3 Å². The smallest absolute Gasteiger partial charge is 0.351 e. The minimum absolute atomic E-state index is 0.285. The molecule has 1 fully saturated rings. The van der Waals surface area contributed by atoms with Gasteiger partial charge in [-0.15, -0.1) is 0 Å². The van der Waals surface area contributed by atoms with E-state index < -0.39 is 47.8 Å². The summed E-state index contributed by atoms with van der Waals surface area (Å²) < 4.78 is 20.3. The predicted molar refractivity (Wildman–Crippen MR) is 89.2 cm³/mol. The van der Waals surface area contributed by atoms with E-state index in [1.807, 2.05) is 6.92 Å². The first-order valence-corrected chi connectivity index (χ1v) is 7.96. The van der Waals surface area contributed by atoms with Crippen LogP contribution in [0.15, 0.2) is 35.3 Å². The van der Waals surface area contributed by atoms with Gasteiger partial charge in [-0.1, -0.05) is 17.7 Å². The Morgan fingerprint density at radius 1 is 1.27 bits per heavy atom. The second-order valence-corrected chi connectivity index (χ2v) is 6.16. The molecular formula is C17H18FN3O5. The van der Waals surface area contributed by atoms with Crippen LogP contribution in [0.25, 0.3) is 0 Å². The van der Waals surface area contributed by atoms with Crippen molar-refractivity contribution in [3.63, 3.8) is 0 Å². The van der Waals surface area contributed by atoms with Crippen molar-refractivity contribution in [2.75, 3.05) is 5.32 Å². The maximum Gasteiger partial charge on any atom is 0.351 e. The van der Waals surface area contributed by atoms with Crippen LogP contribution in [0.1, 0.15) is 29.1 Å². The summed E-state index contributed by atoms with van der Waals surface area (Å²) in [6, 6.07) is 6.58. The lowest BCUT2D eigenvalue weighted by Crippen LogP contribution is -2.36. The lowest BCUT2D eigenvalue weighted by atomic mass is 10.1. The summed E-state index contributed by atoms with van der Waals surface area (Å²) in [5.74, 6) is -2.12. The second kappa shape index (κ2) is 6.94. The summed E-state index contributed by atoms with van der Waals surface area (Å²) in [6.45, 7) is 3.37. The van der Waals surface area contributed by atoms with Crippen LogP contribution in [0.2, 0.25) is 0 Å². The van der Waals surface area contributed by atoms with E-state index in [1.54, 1.807) is 24.3 Å². The van der Waals surface area contributed by atoms with Crippen LogP contribution in [0.4, 0.5) is 10.2 Å². The van der Waals surface area contributed by atoms with E-state index >= 15 is 0 Å². The number of nitrogens with one attached hydrogen (secondary N) is 1. The zero-order valence-corrected chi connectivity index (χ0v) is 14.1. The van der Waals surface area contributed by atoms with Crippen molar-refractivity contribution in [3.05, 3.63) is 57.9 Å². The Labute approximate surface area is 147 Å². The number of anilines is 1. The Bertz CT molecular complexity index is 883. The maximum atomic E-state index is 14.3. The predicted octanol–water partition coefficient (Wildman–Crippen LogP) is 0.582. The normalized spacial score (nSPS) is 25.3. The Morgan fingerprint density at radius 3 is 2.50 bits per heavy atom. The van der Waals surface area contributed by atoms with Crippen molar-refractivity contribution in [1.82, 2.24) is 9.55 Å². The average molecular weight is 363 g/mol. The van der Waals surface area contributed by atoms with Gasteiger partial charge in [-0.25, -0.2) is 9.18 Å². The van der Waals surface area contributed by atoms with E-state index in [9.17, 15) is 24.2 Å². The van der Waals surface area contributed by atoms with E-state index in [0.29, 0.717) is 0 Å². The molecule has 1 saturated heterocycles. The number of carbonyl (C=O) groups excluding carboxylic acids is 1. The quantitative estimate of drug-likeness (QED) is 0.735. The van der Waals surface area contributed by atoms with Crippen LogP contribution >= 0.6 is 0 Å². The van der Waals surface area contributed by atoms with Gasteiger partial charge in [-0.2, -0.15) is 4.98 Å². The molecule has 0 bridgehead atoms. The Morgan fingerprint density at radius 2 is 1.92 bits per heavy atom. The number of aromatic nitrogens is 2. The van der Waals surface area contributed by atoms with Gasteiger partial charge >= 0.3 is 5.69 Å². The minimum Gasteiger partial charge on any atom is -0.388 e. The average Bonchev–Trinajstić information content (AvgIpc) is 2.85. The molecule has 2 heterocycles. The number of hydrogen-bond acceptors (Lipinski definition) is 6. The fraction of sp³-hybridized carbons (Fsp3) is 0.353. The van der Waals surface area contributed by atoms with Gasteiger partial charge in [0.2, 0.25) is 0 Å². The third-order valence-electron chi connectivity index (χ3n) is 4.20. The molecule has 26 heavy (non-hydrogen) atoms. The first-order valence-electron chi connectivity index (χ1n) is 7.96. The molecule has 1 amide bonds. The number of hydrogen-bond donors (Lipinski definition) is 3. The highest BCUT2D eigenvalue weighted by molar-refractivity contribution is 6.03. The third kappa shape index (κ3) is 3.36. The lowest BCUT2D eigenvalue weighted by molar-refractivity contribution is -0.0355. The van der Waals surface area contributed by atoms with Gasteiger partial charge in [-0.05, 0) is 26.0 Å². The van der Waals surface area contributed by atoms with Crippen LogP contribution in [-0.4, -0.2) is 44.0 Å². The van der Waals surface area contributed by atoms with E-state index in [1.165, 1.54) is 6.92 Å². The summed E-state index contributed by atoms with van der Waals surface area (Å²) >= 11 is 0. The first kappa shape index (κ1) is 18.2. The summed E-state index contributed by atoms with van der Waals surface area (Å²) in [6.07, 6.45) is -3.84. The Kier molecular flexibility index (Phi) is 4.86. The Balaban J connectivity index is 1.85. The molecule has 1 aromatic carbocycles. The number of aliphatic hydroxyl groups excluding tert-OH is 2. The van der Waals surface area contributed by atoms with Crippen LogP contribution in [0, 0.1) is 12.7 Å². The summed E-state index contributed by atoms with van der Waals surface area (Å²) in [5.41, 5.74) is 0.309. The number of nitrogens with zero attached hydrogens (tertiary/aromatic N) is 2. The number of aliphatic hydroxyl groups is 2. The van der Waals surface area contributed by atoms with Crippen LogP contribution in [0.5, 0.6) is 0 Å². The zero-order chi connectivity index (χ0) is 19.0. The molecule has 3 N–H and O–H groups in total. The molecule has 0 spiro atoms. The SMILES string of the molecule is Cc1ccc(C(=O)Nc2nc(=O)n([C@@H]3O[C@H](C)C(O)C3O)cc2F)cc1. The molecule has 0 saturated carbocycles. The molecule has 4 atom stereocenters. The third-order valence-corrected chi connectivity index (χ3v) is 4.20. The van der Waals surface area contributed by atoms with Crippen LogP contribution in [-0.2, 0) is 4.74 Å². The molecule has 9 heteroatoms. The highest BCUT2D eigenvalue weighted by Crippen LogP contribution is 2.28. The standard InChI is InChI=1S/C17H18FN3O5/c1-8-3-5-10(6-4-8)15(24)19-14-11(18)7-21(17(25)20-14)16-13(23)12(22)9(2)26-16/h3-7,9,12-13,16,22-23H,1-2H3,(H,19,20,24,25)/t9-,12?,13?,16-/m1/s1. The van der Waals surface area contributed by atoms with Gasteiger partial charge in [0, 0.05) is 5.56 Å². The van der Waals surface area contributed by atoms with Crippen LogP contribution < -0.4 is 11.0 Å². The number of ether oxygens (including phenoxy) is 1. The Hall–Kier alpha value is -2.62. The lowest BCUT2D eigenvalue weighted by Gasteiger charge is -2.17. The number of amides is 1. The molecule has 0 aliphatic carbocycles. The van der Waals surface area contributed by atoms with Gasteiger partial charge < -0.3 is 20.3 Å². The highest BCUT2D eigenvalue weighted by Gasteiger charge is 2.42. The fourth-order valence-corrected chi connectivity index (χ4v) is 2.66. The summed E-state index contributed by atoms with van der Waals surface area (Å²) in [5, 5.41) is 21.9. The maximum absolute atomic E-state index is 14.3. The molecule has 1 aliphatic rings. The number of rotatable bonds is 3. The molecule has 2 aromatic rings. The van der Waals surface area contributed by atoms with Gasteiger partial charge in [0.15, 0.2) is 17.9 Å². The number of halogens is 1. The monoisotopic (exact) mass is 363 g/mol. The summed E-state index contributed by atoms with van der Waals surface area (Å²) in [4.78, 5) is 27.8. The molecule has 1 aromatic heterocycles. The van der Waals surface area contributed by atoms with Crippen molar-refractivity contribution in [3.8, 4) is 0 Å². The molecule has 1 aliphatic heterocycles. The fourth-order valence-electron chi connectivity index (χ4n) is 2.66. The highest BCUT2D eigenvalue weighted by atomic mass is 19.1. The molecule has 138 valence electrons. The van der Waals surface area contributed by atoms with E-state index in [-0.39, 0.29) is 5.56 Å². The van der Waals surface area contributed by atoms with Gasteiger partial charge in [-0.3, -0.25) is 9.36 Å². The number of aryl methyl sites for hydroxylation is 1. The number of carbonyl (C=O) groups is 1. The van der Waals surface area contributed by atoms with Crippen molar-refractivity contribution >= 4 is 11.7 Å². The van der Waals surface area contributed by atoms with Crippen molar-refractivity contribution in [1.29, 1.82) is 0 Å². The van der Waals surface area contributed by atoms with Crippen molar-refractivity contribution in [2.24, 2.45) is 0 Å². The zero-order valence-electron chi connectivity index (χ0n) is 14.1. The number of benzene rings is 1. The van der Waals surface area contributed by atoms with Crippen molar-refractivity contribution < 1.29 is 24.1 Å². The minimum atomic E-state index is -1.41. The van der Waals surface area contributed by atoms with Crippen molar-refractivity contribution in [2.45, 2.75) is 38.4 Å². The molecule has 2 unspecified atom stereocenters. The van der Waals surface area contributed by atoms with E-state index in [0.717, 1.165) is 16.3 Å². The molecule has 3 rings (SSSR count). The summed E-state index contributed by atoms with van der Waals surface area (Å²) in [7, 11) is 0. The molecule has 0 radical (unpaired) electrons. The van der Waals surface area contributed by atoms with Gasteiger partial charge in [0.05, 0.1) is 12.3 Å².